The molecule has 0 saturated carbocycles. The zero-order valence-electron chi connectivity index (χ0n) is 14.5. The molecule has 24 heavy (non-hydrogen) atoms. The Balaban J connectivity index is 2.19. The summed E-state index contributed by atoms with van der Waals surface area (Å²) < 4.78 is 6.17. The van der Waals surface area contributed by atoms with Crippen LogP contribution in [0.25, 0.3) is 11.1 Å². The number of rotatable bonds is 4. The van der Waals surface area contributed by atoms with Gasteiger partial charge in [0.2, 0.25) is 0 Å². The summed E-state index contributed by atoms with van der Waals surface area (Å²) >= 11 is 0. The molecule has 0 unspecified atom stereocenters. The zero-order valence-corrected chi connectivity index (χ0v) is 14.5. The first-order chi connectivity index (χ1) is 11.4. The summed E-state index contributed by atoms with van der Waals surface area (Å²) in [6.45, 7) is 5.66. The Kier molecular flexibility index (Phi) is 4.22. The summed E-state index contributed by atoms with van der Waals surface area (Å²) in [6, 6.07) is 16.2. The van der Waals surface area contributed by atoms with Crippen LogP contribution >= 0.6 is 0 Å². The van der Waals surface area contributed by atoms with E-state index in [1.807, 2.05) is 57.2 Å². The van der Waals surface area contributed by atoms with Gasteiger partial charge >= 0.3 is 5.97 Å². The van der Waals surface area contributed by atoms with Gasteiger partial charge in [0.1, 0.15) is 0 Å². The summed E-state index contributed by atoms with van der Waals surface area (Å²) in [5, 5.41) is 9.39. The highest BCUT2D eigenvalue weighted by atomic mass is 16.6. The molecule has 0 fully saturated rings. The number of ether oxygens (including phenoxy) is 1. The molecular weight excluding hydrogens is 300 g/mol. The first kappa shape index (κ1) is 16.7. The lowest BCUT2D eigenvalue weighted by atomic mass is 9.85. The first-order valence-corrected chi connectivity index (χ1v) is 8.44. The summed E-state index contributed by atoms with van der Waals surface area (Å²) in [6.07, 6.45) is 1.14. The maximum absolute atomic E-state index is 12.7. The second-order valence-corrected chi connectivity index (χ2v) is 7.38. The quantitative estimate of drug-likeness (QED) is 0.854. The zero-order chi connectivity index (χ0) is 17.4. The molecule has 0 aromatic heterocycles. The van der Waals surface area contributed by atoms with Crippen LogP contribution < -0.4 is 0 Å². The van der Waals surface area contributed by atoms with Crippen LogP contribution in [0.3, 0.4) is 0 Å². The van der Waals surface area contributed by atoms with E-state index >= 15 is 0 Å². The van der Waals surface area contributed by atoms with E-state index in [0.29, 0.717) is 12.8 Å². The molecule has 0 saturated heterocycles. The predicted molar refractivity (Wildman–Crippen MR) is 94.5 cm³/mol. The minimum absolute atomic E-state index is 0.0686. The van der Waals surface area contributed by atoms with Gasteiger partial charge in [-0.2, -0.15) is 0 Å². The summed E-state index contributed by atoms with van der Waals surface area (Å²) in [7, 11) is 0. The van der Waals surface area contributed by atoms with Gasteiger partial charge in [0.15, 0.2) is 5.60 Å². The number of hydrogen-bond donors (Lipinski definition) is 1. The summed E-state index contributed by atoms with van der Waals surface area (Å²) in [5.41, 5.74) is 2.83. The Morgan fingerprint density at radius 2 is 1.50 bits per heavy atom. The third-order valence-corrected chi connectivity index (χ3v) is 4.58. The van der Waals surface area contributed by atoms with Crippen LogP contribution in [0.15, 0.2) is 48.5 Å². The molecule has 0 radical (unpaired) electrons. The van der Waals surface area contributed by atoms with Crippen molar-refractivity contribution in [2.75, 3.05) is 6.61 Å². The highest BCUT2D eigenvalue weighted by molar-refractivity contribution is 5.83. The molecule has 0 amide bonds. The van der Waals surface area contributed by atoms with E-state index in [1.165, 1.54) is 0 Å². The normalized spacial score (nSPS) is 14.8. The average Bonchev–Trinajstić information content (AvgIpc) is 2.84. The predicted octanol–water partition coefficient (Wildman–Crippen LogP) is 4.27. The van der Waals surface area contributed by atoms with Crippen LogP contribution in [0.2, 0.25) is 0 Å². The lowest BCUT2D eigenvalue weighted by molar-refractivity contribution is -0.167. The molecule has 0 aliphatic heterocycles. The SMILES string of the molecule is CC(C)(C)C(=O)OC1(CCCO)c2ccccc2-c2ccccc21. The number of carbonyl (C=O) groups is 1. The van der Waals surface area contributed by atoms with Crippen molar-refractivity contribution < 1.29 is 14.6 Å². The molecule has 2 aromatic carbocycles. The first-order valence-electron chi connectivity index (χ1n) is 8.44. The van der Waals surface area contributed by atoms with Crippen molar-refractivity contribution >= 4 is 5.97 Å². The number of hydrogen-bond acceptors (Lipinski definition) is 3. The minimum Gasteiger partial charge on any atom is -0.449 e. The molecular formula is C21H24O3. The van der Waals surface area contributed by atoms with Gasteiger partial charge in [0.25, 0.3) is 0 Å². The van der Waals surface area contributed by atoms with Gasteiger partial charge in [-0.15, -0.1) is 0 Å². The van der Waals surface area contributed by atoms with Crippen LogP contribution in [0.1, 0.15) is 44.7 Å². The number of benzene rings is 2. The van der Waals surface area contributed by atoms with E-state index in [4.69, 9.17) is 4.74 Å². The van der Waals surface area contributed by atoms with Gasteiger partial charge in [0, 0.05) is 17.7 Å². The van der Waals surface area contributed by atoms with Crippen molar-refractivity contribution in [2.45, 2.75) is 39.2 Å². The van der Waals surface area contributed by atoms with Gasteiger partial charge in [-0.25, -0.2) is 0 Å². The van der Waals surface area contributed by atoms with Crippen molar-refractivity contribution in [3.8, 4) is 11.1 Å². The fourth-order valence-electron chi connectivity index (χ4n) is 3.36. The molecule has 0 bridgehead atoms. The van der Waals surface area contributed by atoms with Crippen molar-refractivity contribution in [1.29, 1.82) is 0 Å². The minimum atomic E-state index is -0.819. The lowest BCUT2D eigenvalue weighted by Crippen LogP contribution is -2.37. The van der Waals surface area contributed by atoms with E-state index in [2.05, 4.69) is 12.1 Å². The molecule has 3 rings (SSSR count). The fraction of sp³-hybridized carbons (Fsp3) is 0.381. The highest BCUT2D eigenvalue weighted by Gasteiger charge is 2.47. The van der Waals surface area contributed by atoms with Crippen molar-refractivity contribution in [3.05, 3.63) is 59.7 Å². The second-order valence-electron chi connectivity index (χ2n) is 7.38. The van der Waals surface area contributed by atoms with Crippen molar-refractivity contribution in [2.24, 2.45) is 5.41 Å². The van der Waals surface area contributed by atoms with E-state index in [-0.39, 0.29) is 12.6 Å². The topological polar surface area (TPSA) is 46.5 Å². The monoisotopic (exact) mass is 324 g/mol. The number of carbonyl (C=O) groups excluding carboxylic acids is 1. The molecule has 0 atom stereocenters. The largest absolute Gasteiger partial charge is 0.449 e. The van der Waals surface area contributed by atoms with Gasteiger partial charge in [-0.05, 0) is 44.7 Å². The van der Waals surface area contributed by atoms with Crippen LogP contribution in [-0.4, -0.2) is 17.7 Å². The Morgan fingerprint density at radius 3 is 1.96 bits per heavy atom. The maximum Gasteiger partial charge on any atom is 0.312 e. The molecule has 126 valence electrons. The second kappa shape index (κ2) is 6.06. The summed E-state index contributed by atoms with van der Waals surface area (Å²) in [5.74, 6) is -0.230. The third-order valence-electron chi connectivity index (χ3n) is 4.58. The Hall–Kier alpha value is -2.13. The van der Waals surface area contributed by atoms with Crippen LogP contribution in [0.5, 0.6) is 0 Å². The summed E-state index contributed by atoms with van der Waals surface area (Å²) in [4.78, 5) is 12.7. The van der Waals surface area contributed by atoms with E-state index in [9.17, 15) is 9.90 Å². The smallest absolute Gasteiger partial charge is 0.312 e. The van der Waals surface area contributed by atoms with Crippen LogP contribution in [-0.2, 0) is 15.1 Å². The van der Waals surface area contributed by atoms with E-state index in [1.54, 1.807) is 0 Å². The molecule has 2 aromatic rings. The highest BCUT2D eigenvalue weighted by Crippen LogP contribution is 2.52. The Bertz CT molecular complexity index is 710. The molecule has 3 nitrogen and oxygen atoms in total. The fourth-order valence-corrected chi connectivity index (χ4v) is 3.36. The maximum atomic E-state index is 12.7. The molecule has 1 aliphatic rings. The van der Waals surface area contributed by atoms with Crippen molar-refractivity contribution in [1.82, 2.24) is 0 Å². The van der Waals surface area contributed by atoms with Gasteiger partial charge in [0.05, 0.1) is 5.41 Å². The van der Waals surface area contributed by atoms with Crippen LogP contribution in [0, 0.1) is 5.41 Å². The molecule has 0 spiro atoms. The molecule has 1 N–H and O–H groups in total. The van der Waals surface area contributed by atoms with Gasteiger partial charge < -0.3 is 9.84 Å². The van der Waals surface area contributed by atoms with Gasteiger partial charge in [-0.3, -0.25) is 4.79 Å². The third kappa shape index (κ3) is 2.63. The Labute approximate surface area is 143 Å². The van der Waals surface area contributed by atoms with Crippen LogP contribution in [0.4, 0.5) is 0 Å². The van der Waals surface area contributed by atoms with Crippen molar-refractivity contribution in [3.63, 3.8) is 0 Å². The number of aliphatic hydroxyl groups is 1. The standard InChI is InChI=1S/C21H24O3/c1-20(2,3)19(23)24-21(13-8-14-22)17-11-6-4-9-15(17)16-10-5-7-12-18(16)21/h4-7,9-12,22H,8,13-14H2,1-3H3. The van der Waals surface area contributed by atoms with E-state index in [0.717, 1.165) is 22.3 Å². The average molecular weight is 324 g/mol. The Morgan fingerprint density at radius 1 is 1.00 bits per heavy atom. The molecule has 1 aliphatic carbocycles. The number of esters is 1. The number of fused-ring (bicyclic) bond motifs is 3. The van der Waals surface area contributed by atoms with Gasteiger partial charge in [-0.1, -0.05) is 48.5 Å². The molecule has 3 heteroatoms. The number of aliphatic hydroxyl groups excluding tert-OH is 1. The lowest BCUT2D eigenvalue weighted by Gasteiger charge is -2.34. The van der Waals surface area contributed by atoms with E-state index < -0.39 is 11.0 Å². The molecule has 0 heterocycles.